The predicted octanol–water partition coefficient (Wildman–Crippen LogP) is 6.58. The fourth-order valence-corrected chi connectivity index (χ4v) is 6.12. The van der Waals surface area contributed by atoms with Gasteiger partial charge in [0.05, 0.1) is 11.4 Å². The van der Waals surface area contributed by atoms with Crippen molar-refractivity contribution in [1.82, 2.24) is 9.46 Å². The third-order valence-electron chi connectivity index (χ3n) is 7.55. The van der Waals surface area contributed by atoms with Gasteiger partial charge in [-0.3, -0.25) is 0 Å². The highest BCUT2D eigenvalue weighted by Gasteiger charge is 2.52. The van der Waals surface area contributed by atoms with Gasteiger partial charge in [0.1, 0.15) is 5.82 Å². The molecule has 7 rings (SSSR count). The minimum atomic E-state index is 0.00380. The molecule has 3 aliphatic rings. The summed E-state index contributed by atoms with van der Waals surface area (Å²) in [7, 11) is 0.00380. The Morgan fingerprint density at radius 2 is 1.59 bits per heavy atom. The van der Waals surface area contributed by atoms with Gasteiger partial charge in [-0.25, -0.2) is 4.98 Å². The van der Waals surface area contributed by atoms with Crippen LogP contribution in [0.2, 0.25) is 0 Å². The minimum absolute atomic E-state index is 0.00380. The van der Waals surface area contributed by atoms with E-state index in [-0.39, 0.29) is 7.12 Å². The Kier molecular flexibility index (Phi) is 3.44. The molecule has 0 saturated heterocycles. The molecule has 1 unspecified atom stereocenters. The van der Waals surface area contributed by atoms with E-state index in [9.17, 15) is 0 Å². The van der Waals surface area contributed by atoms with Crippen molar-refractivity contribution in [2.45, 2.75) is 39.5 Å². The van der Waals surface area contributed by atoms with E-state index in [4.69, 9.17) is 4.98 Å². The van der Waals surface area contributed by atoms with Crippen LogP contribution in [-0.4, -0.2) is 16.6 Å². The first-order valence-corrected chi connectivity index (χ1v) is 11.5. The number of aromatic nitrogens is 2. The van der Waals surface area contributed by atoms with Crippen LogP contribution in [0.4, 0.5) is 22.7 Å². The maximum absolute atomic E-state index is 4.83. The molecule has 3 aliphatic heterocycles. The summed E-state index contributed by atoms with van der Waals surface area (Å²) in [6.45, 7) is 9.15. The second-order valence-electron chi connectivity index (χ2n) is 9.59. The molecule has 156 valence electrons. The van der Waals surface area contributed by atoms with E-state index in [2.05, 4.69) is 103 Å². The van der Waals surface area contributed by atoms with Crippen LogP contribution in [0.25, 0.3) is 11.4 Å². The van der Waals surface area contributed by atoms with Gasteiger partial charge >= 0.3 is 7.12 Å². The van der Waals surface area contributed by atoms with Gasteiger partial charge in [-0.1, -0.05) is 63.2 Å². The monoisotopic (exact) mass is 416 g/mol. The van der Waals surface area contributed by atoms with Gasteiger partial charge in [-0.05, 0) is 47.2 Å². The van der Waals surface area contributed by atoms with Crippen LogP contribution < -0.4 is 9.62 Å². The van der Waals surface area contributed by atoms with E-state index in [0.29, 0.717) is 11.8 Å². The van der Waals surface area contributed by atoms with Gasteiger partial charge in [0.2, 0.25) is 0 Å². The molecule has 0 spiro atoms. The largest absolute Gasteiger partial charge is 0.519 e. The number of para-hydroxylation sites is 2. The highest BCUT2D eigenvalue weighted by molar-refractivity contribution is 6.73. The van der Waals surface area contributed by atoms with Crippen LogP contribution in [0, 0.1) is 6.92 Å². The van der Waals surface area contributed by atoms with Crippen LogP contribution in [0.15, 0.2) is 67.0 Å². The molecule has 4 aromatic rings. The summed E-state index contributed by atoms with van der Waals surface area (Å²) in [5.41, 5.74) is 12.0. The maximum Gasteiger partial charge on any atom is 0.519 e. The van der Waals surface area contributed by atoms with Crippen LogP contribution in [-0.2, 0) is 0 Å². The smallest absolute Gasteiger partial charge is 0.343 e. The van der Waals surface area contributed by atoms with Crippen molar-refractivity contribution in [3.05, 3.63) is 89.2 Å². The van der Waals surface area contributed by atoms with Crippen molar-refractivity contribution in [2.75, 3.05) is 9.62 Å². The van der Waals surface area contributed by atoms with Gasteiger partial charge in [0, 0.05) is 35.2 Å². The minimum Gasteiger partial charge on any atom is -0.343 e. The molecule has 3 aromatic carbocycles. The molecule has 4 nitrogen and oxygen atoms in total. The van der Waals surface area contributed by atoms with E-state index in [0.717, 1.165) is 5.82 Å². The SMILES string of the molecule is Cc1cccc2c1-c1nccn1B1N2c2cccc3c2N1c1c(C(C)C)cccc1C3C. The molecule has 0 fully saturated rings. The van der Waals surface area contributed by atoms with Crippen LogP contribution in [0.3, 0.4) is 0 Å². The first kappa shape index (κ1) is 18.1. The normalized spacial score (nSPS) is 17.2. The Labute approximate surface area is 189 Å². The molecule has 1 aromatic heterocycles. The number of benzene rings is 3. The lowest BCUT2D eigenvalue weighted by molar-refractivity contribution is 0.839. The van der Waals surface area contributed by atoms with Gasteiger partial charge in [0.25, 0.3) is 0 Å². The average Bonchev–Trinajstić information content (AvgIpc) is 3.40. The van der Waals surface area contributed by atoms with Crippen molar-refractivity contribution in [1.29, 1.82) is 0 Å². The average molecular weight is 416 g/mol. The van der Waals surface area contributed by atoms with E-state index in [1.54, 1.807) is 0 Å². The lowest BCUT2D eigenvalue weighted by Gasteiger charge is -2.40. The summed E-state index contributed by atoms with van der Waals surface area (Å²) in [6, 6.07) is 20.3. The Morgan fingerprint density at radius 3 is 2.41 bits per heavy atom. The van der Waals surface area contributed by atoms with Crippen LogP contribution in [0.5, 0.6) is 0 Å². The molecule has 1 atom stereocenters. The van der Waals surface area contributed by atoms with Crippen molar-refractivity contribution in [2.24, 2.45) is 0 Å². The highest BCUT2D eigenvalue weighted by Crippen LogP contribution is 2.59. The molecule has 4 heterocycles. The quantitative estimate of drug-likeness (QED) is 0.328. The molecule has 0 radical (unpaired) electrons. The highest BCUT2D eigenvalue weighted by atomic mass is 15.4. The Balaban J connectivity index is 1.61. The number of anilines is 4. The third-order valence-corrected chi connectivity index (χ3v) is 7.55. The number of aryl methyl sites for hydroxylation is 1. The summed E-state index contributed by atoms with van der Waals surface area (Å²) in [5, 5.41) is 0. The Morgan fingerprint density at radius 1 is 0.875 bits per heavy atom. The predicted molar refractivity (Wildman–Crippen MR) is 132 cm³/mol. The topological polar surface area (TPSA) is 24.3 Å². The van der Waals surface area contributed by atoms with Crippen molar-refractivity contribution < 1.29 is 0 Å². The molecule has 0 bridgehead atoms. The standard InChI is InChI=1S/C27H25BN4/c1-16(2)19-9-6-10-20-18(4)21-11-7-13-23-26(21)32(25(19)20)28-30-15-14-29-27(30)24-17(3)8-5-12-22(24)31(23)28/h5-16,18H,1-4H3. The summed E-state index contributed by atoms with van der Waals surface area (Å²) in [6.07, 6.45) is 4.09. The van der Waals surface area contributed by atoms with E-state index in [1.807, 2.05) is 6.20 Å². The Hall–Kier alpha value is -3.47. The molecule has 5 heteroatoms. The number of hydrogen-bond donors (Lipinski definition) is 0. The van der Waals surface area contributed by atoms with Crippen LogP contribution in [0.1, 0.15) is 54.9 Å². The summed E-state index contributed by atoms with van der Waals surface area (Å²) < 4.78 is 2.36. The number of nitrogens with zero attached hydrogens (tertiary/aromatic N) is 4. The Bertz CT molecular complexity index is 1420. The zero-order valence-electron chi connectivity index (χ0n) is 18.9. The first-order chi connectivity index (χ1) is 15.6. The molecule has 0 saturated carbocycles. The summed E-state index contributed by atoms with van der Waals surface area (Å²) in [5.74, 6) is 1.85. The molecular formula is C27H25BN4. The molecular weight excluding hydrogens is 391 g/mol. The van der Waals surface area contributed by atoms with E-state index in [1.165, 1.54) is 50.6 Å². The third kappa shape index (κ3) is 2.02. The lowest BCUT2D eigenvalue weighted by Crippen LogP contribution is -2.53. The van der Waals surface area contributed by atoms with Crippen molar-refractivity contribution in [3.8, 4) is 11.4 Å². The van der Waals surface area contributed by atoms with Gasteiger partial charge < -0.3 is 14.1 Å². The number of imidazole rings is 1. The number of rotatable bonds is 1. The fraction of sp³-hybridized carbons (Fsp3) is 0.222. The van der Waals surface area contributed by atoms with Gasteiger partial charge in [-0.2, -0.15) is 0 Å². The van der Waals surface area contributed by atoms with E-state index >= 15 is 0 Å². The van der Waals surface area contributed by atoms with Crippen molar-refractivity contribution in [3.63, 3.8) is 0 Å². The van der Waals surface area contributed by atoms with Gasteiger partial charge in [-0.15, -0.1) is 0 Å². The van der Waals surface area contributed by atoms with Crippen molar-refractivity contribution >= 4 is 29.9 Å². The summed E-state index contributed by atoms with van der Waals surface area (Å²) in [4.78, 5) is 9.94. The van der Waals surface area contributed by atoms with E-state index < -0.39 is 0 Å². The zero-order valence-corrected chi connectivity index (χ0v) is 18.9. The first-order valence-electron chi connectivity index (χ1n) is 11.5. The van der Waals surface area contributed by atoms with Crippen LogP contribution >= 0.6 is 0 Å². The second kappa shape index (κ2) is 6.07. The summed E-state index contributed by atoms with van der Waals surface area (Å²) >= 11 is 0. The fourth-order valence-electron chi connectivity index (χ4n) is 6.12. The maximum atomic E-state index is 4.83. The van der Waals surface area contributed by atoms with Gasteiger partial charge in [0.15, 0.2) is 0 Å². The molecule has 32 heavy (non-hydrogen) atoms. The lowest BCUT2D eigenvalue weighted by atomic mass is 9.76. The molecule has 0 amide bonds. The number of hydrogen-bond acceptors (Lipinski definition) is 3. The zero-order chi connectivity index (χ0) is 21.7. The second-order valence-corrected chi connectivity index (χ2v) is 9.59. The molecule has 0 N–H and O–H groups in total. The number of fused-ring (bicyclic) bond motifs is 10. The molecule has 0 aliphatic carbocycles.